The molecule has 1 rings (SSSR count). The van der Waals surface area contributed by atoms with Gasteiger partial charge in [-0.15, -0.1) is 0 Å². The number of carbonyl (C=O) groups is 1. The molecule has 1 aliphatic carbocycles. The Kier molecular flexibility index (Phi) is 7.88. The van der Waals surface area contributed by atoms with E-state index in [2.05, 4.69) is 32.9 Å². The van der Waals surface area contributed by atoms with E-state index >= 15 is 0 Å². The molecule has 0 spiro atoms. The minimum absolute atomic E-state index is 0.0104. The Morgan fingerprint density at radius 3 is 2.18 bits per heavy atom. The van der Waals surface area contributed by atoms with Gasteiger partial charge in [0.25, 0.3) is 0 Å². The third-order valence-electron chi connectivity index (χ3n) is 2.43. The summed E-state index contributed by atoms with van der Waals surface area (Å²) >= 11 is 0. The third kappa shape index (κ3) is 10.1. The van der Waals surface area contributed by atoms with Crippen LogP contribution >= 0.6 is 0 Å². The Labute approximate surface area is 105 Å². The van der Waals surface area contributed by atoms with Gasteiger partial charge in [-0.2, -0.15) is 0 Å². The van der Waals surface area contributed by atoms with Crippen LogP contribution in [0.5, 0.6) is 0 Å². The Hall–Kier alpha value is -0.830. The summed E-state index contributed by atoms with van der Waals surface area (Å²) in [6.07, 6.45) is 8.84. The number of ether oxygens (including phenoxy) is 1. The molecule has 0 unspecified atom stereocenters. The van der Waals surface area contributed by atoms with Gasteiger partial charge in [0.05, 0.1) is 6.54 Å². The number of esters is 1. The molecule has 1 saturated carbocycles. The highest BCUT2D eigenvalue weighted by Gasteiger charge is 2.17. The molecule has 0 atom stereocenters. The fourth-order valence-corrected chi connectivity index (χ4v) is 1.74. The minimum atomic E-state index is -0.271. The van der Waals surface area contributed by atoms with Crippen molar-refractivity contribution in [3.05, 3.63) is 12.2 Å². The smallest absolute Gasteiger partial charge is 0.319 e. The maximum atomic E-state index is 10.6. The molecule has 0 radical (unpaired) electrons. The molecule has 1 aliphatic rings. The summed E-state index contributed by atoms with van der Waals surface area (Å²) in [5.41, 5.74) is 5.45. The zero-order valence-corrected chi connectivity index (χ0v) is 11.7. The zero-order valence-electron chi connectivity index (χ0n) is 11.7. The van der Waals surface area contributed by atoms with Crippen molar-refractivity contribution in [3.8, 4) is 0 Å². The molecule has 0 aliphatic heterocycles. The molecule has 0 bridgehead atoms. The monoisotopic (exact) mass is 241 g/mol. The van der Waals surface area contributed by atoms with Gasteiger partial charge in [-0.1, -0.05) is 32.9 Å². The van der Waals surface area contributed by atoms with Crippen LogP contribution in [0.2, 0.25) is 0 Å². The molecule has 3 nitrogen and oxygen atoms in total. The van der Waals surface area contributed by atoms with Gasteiger partial charge in [0, 0.05) is 0 Å². The molecule has 0 aromatic heterocycles. The lowest BCUT2D eigenvalue weighted by atomic mass is 9.97. The van der Waals surface area contributed by atoms with Crippen LogP contribution < -0.4 is 5.73 Å². The lowest BCUT2D eigenvalue weighted by Crippen LogP contribution is -2.21. The quantitative estimate of drug-likeness (QED) is 0.597. The van der Waals surface area contributed by atoms with E-state index in [4.69, 9.17) is 10.5 Å². The number of hydrogen-bond donors (Lipinski definition) is 1. The molecule has 0 aromatic rings. The van der Waals surface area contributed by atoms with Gasteiger partial charge in [-0.25, -0.2) is 0 Å². The molecule has 0 saturated heterocycles. The summed E-state index contributed by atoms with van der Waals surface area (Å²) in [6, 6.07) is 0. The first-order valence-electron chi connectivity index (χ1n) is 6.42. The van der Waals surface area contributed by atoms with Crippen LogP contribution in [0.3, 0.4) is 0 Å². The maximum Gasteiger partial charge on any atom is 0.319 e. The predicted molar refractivity (Wildman–Crippen MR) is 71.7 cm³/mol. The zero-order chi connectivity index (χ0) is 13.3. The lowest BCUT2D eigenvalue weighted by molar-refractivity contribution is -0.146. The molecule has 0 amide bonds. The standard InChI is InChI=1S/C7H13NO2.C7H14/c8-5-7(9)10-6-3-1-2-4-6;1-5-6-7(2,3)4/h6H,1-5,8H2;5-6H,1-4H3/b;6-5+. The molecule has 0 aromatic carbocycles. The van der Waals surface area contributed by atoms with Gasteiger partial charge < -0.3 is 10.5 Å². The SMILES string of the molecule is C/C=C/C(C)(C)C.NCC(=O)OC1CCCC1. The van der Waals surface area contributed by atoms with Crippen LogP contribution in [0, 0.1) is 5.41 Å². The summed E-state index contributed by atoms with van der Waals surface area (Å²) in [4.78, 5) is 10.6. The average molecular weight is 241 g/mol. The van der Waals surface area contributed by atoms with Gasteiger partial charge in [-0.05, 0) is 38.0 Å². The first kappa shape index (κ1) is 16.2. The van der Waals surface area contributed by atoms with Crippen LogP contribution in [0.25, 0.3) is 0 Å². The summed E-state index contributed by atoms with van der Waals surface area (Å²) in [5.74, 6) is -0.271. The van der Waals surface area contributed by atoms with Gasteiger partial charge >= 0.3 is 5.97 Å². The number of carbonyl (C=O) groups excluding carboxylic acids is 1. The molecule has 0 heterocycles. The number of allylic oxidation sites excluding steroid dienone is 2. The minimum Gasteiger partial charge on any atom is -0.461 e. The van der Waals surface area contributed by atoms with Crippen LogP contribution in [0.1, 0.15) is 53.4 Å². The van der Waals surface area contributed by atoms with Gasteiger partial charge in [-0.3, -0.25) is 4.79 Å². The first-order chi connectivity index (χ1) is 7.89. The van der Waals surface area contributed by atoms with E-state index < -0.39 is 0 Å². The van der Waals surface area contributed by atoms with Crippen molar-refractivity contribution in [2.75, 3.05) is 6.54 Å². The summed E-state index contributed by atoms with van der Waals surface area (Å²) in [5, 5.41) is 0. The van der Waals surface area contributed by atoms with Crippen molar-refractivity contribution >= 4 is 5.97 Å². The summed E-state index contributed by atoms with van der Waals surface area (Å²) < 4.78 is 5.00. The largest absolute Gasteiger partial charge is 0.461 e. The number of hydrogen-bond acceptors (Lipinski definition) is 3. The van der Waals surface area contributed by atoms with Crippen molar-refractivity contribution in [3.63, 3.8) is 0 Å². The molecular weight excluding hydrogens is 214 g/mol. The predicted octanol–water partition coefficient (Wildman–Crippen LogP) is 3.04. The summed E-state index contributed by atoms with van der Waals surface area (Å²) in [7, 11) is 0. The van der Waals surface area contributed by atoms with Crippen molar-refractivity contribution < 1.29 is 9.53 Å². The Bertz CT molecular complexity index is 235. The van der Waals surface area contributed by atoms with Crippen molar-refractivity contribution in [1.82, 2.24) is 0 Å². The van der Waals surface area contributed by atoms with E-state index in [1.54, 1.807) is 0 Å². The fourth-order valence-electron chi connectivity index (χ4n) is 1.74. The van der Waals surface area contributed by atoms with Gasteiger partial charge in [0.1, 0.15) is 6.10 Å². The molecule has 17 heavy (non-hydrogen) atoms. The fraction of sp³-hybridized carbons (Fsp3) is 0.786. The average Bonchev–Trinajstić information content (AvgIpc) is 2.69. The van der Waals surface area contributed by atoms with E-state index in [9.17, 15) is 4.79 Å². The van der Waals surface area contributed by atoms with E-state index in [0.717, 1.165) is 12.8 Å². The number of rotatable bonds is 2. The van der Waals surface area contributed by atoms with Crippen LogP contribution in [-0.2, 0) is 9.53 Å². The molecule has 3 heteroatoms. The maximum absolute atomic E-state index is 10.6. The molecular formula is C14H27NO2. The highest BCUT2D eigenvalue weighted by molar-refractivity contribution is 5.71. The van der Waals surface area contributed by atoms with Gasteiger partial charge in [0.2, 0.25) is 0 Å². The van der Waals surface area contributed by atoms with Crippen molar-refractivity contribution in [1.29, 1.82) is 0 Å². The topological polar surface area (TPSA) is 52.3 Å². The van der Waals surface area contributed by atoms with E-state index in [-0.39, 0.29) is 18.6 Å². The molecule has 100 valence electrons. The van der Waals surface area contributed by atoms with Crippen LogP contribution in [-0.4, -0.2) is 18.6 Å². The second-order valence-corrected chi connectivity index (χ2v) is 5.47. The Morgan fingerprint density at radius 1 is 1.35 bits per heavy atom. The van der Waals surface area contributed by atoms with E-state index in [1.807, 2.05) is 6.92 Å². The highest BCUT2D eigenvalue weighted by atomic mass is 16.5. The van der Waals surface area contributed by atoms with E-state index in [1.165, 1.54) is 12.8 Å². The second-order valence-electron chi connectivity index (χ2n) is 5.47. The third-order valence-corrected chi connectivity index (χ3v) is 2.43. The van der Waals surface area contributed by atoms with Gasteiger partial charge in [0.15, 0.2) is 0 Å². The molecule has 1 fully saturated rings. The second kappa shape index (κ2) is 8.29. The number of nitrogens with two attached hydrogens (primary N) is 1. The Morgan fingerprint density at radius 2 is 1.88 bits per heavy atom. The first-order valence-corrected chi connectivity index (χ1v) is 6.42. The summed E-state index contributed by atoms with van der Waals surface area (Å²) in [6.45, 7) is 8.62. The van der Waals surface area contributed by atoms with Crippen LogP contribution in [0.4, 0.5) is 0 Å². The van der Waals surface area contributed by atoms with Crippen LogP contribution in [0.15, 0.2) is 12.2 Å². The molecule has 2 N–H and O–H groups in total. The highest BCUT2D eigenvalue weighted by Crippen LogP contribution is 2.20. The normalized spacial score (nSPS) is 16.8. The Balaban J connectivity index is 0.000000325. The van der Waals surface area contributed by atoms with Crippen molar-refractivity contribution in [2.45, 2.75) is 59.5 Å². The van der Waals surface area contributed by atoms with Crippen molar-refractivity contribution in [2.24, 2.45) is 11.1 Å². The van der Waals surface area contributed by atoms with E-state index in [0.29, 0.717) is 5.41 Å². The lowest BCUT2D eigenvalue weighted by Gasteiger charge is -2.09.